The van der Waals surface area contributed by atoms with Gasteiger partial charge in [0.2, 0.25) is 0 Å². The summed E-state index contributed by atoms with van der Waals surface area (Å²) in [5.41, 5.74) is 11.0. The SMILES string of the molecule is Cc1ocnc1C(=O)N1CCC2NNC(c3ccc(-c4ccccc4)cc3)C2C1. The molecule has 2 N–H and O–H groups in total. The van der Waals surface area contributed by atoms with E-state index in [0.717, 1.165) is 13.0 Å². The molecule has 6 nitrogen and oxygen atoms in total. The minimum absolute atomic E-state index is 0.0419. The Morgan fingerprint density at radius 3 is 2.55 bits per heavy atom. The van der Waals surface area contributed by atoms with Crippen molar-refractivity contribution in [2.45, 2.75) is 25.4 Å². The molecule has 0 radical (unpaired) electrons. The van der Waals surface area contributed by atoms with Crippen molar-refractivity contribution in [3.63, 3.8) is 0 Å². The first-order valence-electron chi connectivity index (χ1n) is 10.1. The number of hydrogen-bond donors (Lipinski definition) is 2. The molecule has 0 spiro atoms. The third kappa shape index (κ3) is 3.34. The molecular weight excluding hydrogens is 364 g/mol. The highest BCUT2D eigenvalue weighted by Crippen LogP contribution is 2.35. The first-order chi connectivity index (χ1) is 14.2. The summed E-state index contributed by atoms with van der Waals surface area (Å²) in [6, 6.07) is 19.6. The van der Waals surface area contributed by atoms with E-state index < -0.39 is 0 Å². The van der Waals surface area contributed by atoms with Crippen LogP contribution in [0.2, 0.25) is 0 Å². The highest BCUT2D eigenvalue weighted by Gasteiger charge is 2.42. The summed E-state index contributed by atoms with van der Waals surface area (Å²) in [7, 11) is 0. The Morgan fingerprint density at radius 2 is 1.83 bits per heavy atom. The van der Waals surface area contributed by atoms with E-state index >= 15 is 0 Å². The van der Waals surface area contributed by atoms with Crippen LogP contribution in [0.4, 0.5) is 0 Å². The second-order valence-electron chi connectivity index (χ2n) is 7.82. The Morgan fingerprint density at radius 1 is 1.07 bits per heavy atom. The topological polar surface area (TPSA) is 70.4 Å². The third-order valence-electron chi connectivity index (χ3n) is 6.12. The molecule has 2 aromatic carbocycles. The molecule has 29 heavy (non-hydrogen) atoms. The lowest BCUT2D eigenvalue weighted by molar-refractivity contribution is 0.0645. The molecule has 0 aliphatic carbocycles. The standard InChI is InChI=1S/C23H24N4O2/c1-15-21(24-14-29-15)23(28)27-12-11-20-19(13-27)22(26-25-20)18-9-7-17(8-10-18)16-5-3-2-4-6-16/h2-10,14,19-20,22,25-26H,11-13H2,1H3. The monoisotopic (exact) mass is 388 g/mol. The lowest BCUT2D eigenvalue weighted by Crippen LogP contribution is -2.48. The van der Waals surface area contributed by atoms with Gasteiger partial charge in [-0.25, -0.2) is 10.4 Å². The van der Waals surface area contributed by atoms with E-state index in [4.69, 9.17) is 4.42 Å². The number of aromatic nitrogens is 1. The number of nitrogens with one attached hydrogen (secondary N) is 2. The molecule has 2 saturated heterocycles. The zero-order valence-electron chi connectivity index (χ0n) is 16.3. The van der Waals surface area contributed by atoms with E-state index in [1.165, 1.54) is 23.1 Å². The average Bonchev–Trinajstić information content (AvgIpc) is 3.39. The molecule has 3 heterocycles. The lowest BCUT2D eigenvalue weighted by Gasteiger charge is -2.36. The van der Waals surface area contributed by atoms with Crippen molar-refractivity contribution >= 4 is 5.91 Å². The lowest BCUT2D eigenvalue weighted by atomic mass is 9.84. The molecule has 2 fully saturated rings. The zero-order valence-corrected chi connectivity index (χ0v) is 16.3. The fraction of sp³-hybridized carbons (Fsp3) is 0.304. The Bertz CT molecular complexity index is 999. The van der Waals surface area contributed by atoms with Gasteiger partial charge in [0.05, 0.1) is 6.04 Å². The van der Waals surface area contributed by atoms with E-state index in [9.17, 15) is 4.79 Å². The first kappa shape index (κ1) is 18.1. The number of carbonyl (C=O) groups is 1. The second kappa shape index (κ2) is 7.46. The smallest absolute Gasteiger partial charge is 0.276 e. The van der Waals surface area contributed by atoms with Crippen LogP contribution >= 0.6 is 0 Å². The summed E-state index contributed by atoms with van der Waals surface area (Å²) in [6.45, 7) is 3.20. The molecule has 2 aliphatic rings. The molecule has 5 rings (SSSR count). The summed E-state index contributed by atoms with van der Waals surface area (Å²) < 4.78 is 5.22. The van der Waals surface area contributed by atoms with Crippen molar-refractivity contribution in [3.05, 3.63) is 78.0 Å². The number of hydrogen-bond acceptors (Lipinski definition) is 5. The predicted octanol–water partition coefficient (Wildman–Crippen LogP) is 3.33. The van der Waals surface area contributed by atoms with Crippen LogP contribution in [0.1, 0.15) is 34.3 Å². The van der Waals surface area contributed by atoms with Crippen molar-refractivity contribution in [3.8, 4) is 11.1 Å². The van der Waals surface area contributed by atoms with Gasteiger partial charge >= 0.3 is 0 Å². The number of piperidine rings is 1. The van der Waals surface area contributed by atoms with Gasteiger partial charge in [0.1, 0.15) is 5.76 Å². The molecule has 3 atom stereocenters. The van der Waals surface area contributed by atoms with E-state index in [0.29, 0.717) is 30.0 Å². The molecule has 6 heteroatoms. The van der Waals surface area contributed by atoms with Gasteiger partial charge in [-0.2, -0.15) is 0 Å². The molecule has 148 valence electrons. The normalized spacial score (nSPS) is 23.8. The average molecular weight is 388 g/mol. The molecule has 3 unspecified atom stereocenters. The minimum atomic E-state index is -0.0419. The molecule has 0 bridgehead atoms. The van der Waals surface area contributed by atoms with Gasteiger partial charge in [0.15, 0.2) is 12.1 Å². The number of hydrazine groups is 1. The zero-order chi connectivity index (χ0) is 19.8. The van der Waals surface area contributed by atoms with Crippen LogP contribution in [0.15, 0.2) is 65.4 Å². The van der Waals surface area contributed by atoms with Gasteiger partial charge in [0.25, 0.3) is 5.91 Å². The van der Waals surface area contributed by atoms with Crippen molar-refractivity contribution in [1.82, 2.24) is 20.7 Å². The number of likely N-dealkylation sites (tertiary alicyclic amines) is 1. The van der Waals surface area contributed by atoms with Crippen LogP contribution in [0, 0.1) is 12.8 Å². The summed E-state index contributed by atoms with van der Waals surface area (Å²) >= 11 is 0. The molecule has 0 saturated carbocycles. The summed E-state index contributed by atoms with van der Waals surface area (Å²) in [6.07, 6.45) is 2.25. The maximum absolute atomic E-state index is 12.9. The van der Waals surface area contributed by atoms with Gasteiger partial charge in [-0.15, -0.1) is 0 Å². The maximum atomic E-state index is 12.9. The third-order valence-corrected chi connectivity index (χ3v) is 6.12. The van der Waals surface area contributed by atoms with Crippen molar-refractivity contribution in [2.75, 3.05) is 13.1 Å². The Labute approximate surface area is 169 Å². The number of nitrogens with zero attached hydrogens (tertiary/aromatic N) is 2. The molecule has 1 aromatic heterocycles. The van der Waals surface area contributed by atoms with Crippen LogP contribution < -0.4 is 10.9 Å². The number of rotatable bonds is 3. The first-order valence-corrected chi connectivity index (χ1v) is 10.1. The maximum Gasteiger partial charge on any atom is 0.276 e. The molecule has 1 amide bonds. The number of benzene rings is 2. The van der Waals surface area contributed by atoms with Gasteiger partial charge in [-0.3, -0.25) is 10.2 Å². The second-order valence-corrected chi connectivity index (χ2v) is 7.82. The van der Waals surface area contributed by atoms with Crippen molar-refractivity contribution < 1.29 is 9.21 Å². The van der Waals surface area contributed by atoms with E-state index in [-0.39, 0.29) is 11.9 Å². The molecular formula is C23H24N4O2. The fourth-order valence-corrected chi connectivity index (χ4v) is 4.49. The van der Waals surface area contributed by atoms with Gasteiger partial charge in [-0.1, -0.05) is 54.6 Å². The van der Waals surface area contributed by atoms with E-state index in [2.05, 4.69) is 64.4 Å². The number of oxazole rings is 1. The van der Waals surface area contributed by atoms with E-state index in [1.807, 2.05) is 11.0 Å². The van der Waals surface area contributed by atoms with E-state index in [1.54, 1.807) is 6.92 Å². The highest BCUT2D eigenvalue weighted by molar-refractivity contribution is 5.93. The quantitative estimate of drug-likeness (QED) is 0.720. The van der Waals surface area contributed by atoms with Crippen LogP contribution in [-0.4, -0.2) is 34.9 Å². The van der Waals surface area contributed by atoms with Crippen LogP contribution in [-0.2, 0) is 0 Å². The van der Waals surface area contributed by atoms with Crippen LogP contribution in [0.5, 0.6) is 0 Å². The summed E-state index contributed by atoms with van der Waals surface area (Å²) in [5, 5.41) is 0. The Hall–Kier alpha value is -2.96. The minimum Gasteiger partial charge on any atom is -0.448 e. The number of carbonyl (C=O) groups excluding carboxylic acids is 1. The molecule has 3 aromatic rings. The highest BCUT2D eigenvalue weighted by atomic mass is 16.3. The van der Waals surface area contributed by atoms with Gasteiger partial charge in [0, 0.05) is 25.0 Å². The predicted molar refractivity (Wildman–Crippen MR) is 110 cm³/mol. The fourth-order valence-electron chi connectivity index (χ4n) is 4.49. The Kier molecular flexibility index (Phi) is 4.66. The number of amides is 1. The van der Waals surface area contributed by atoms with Crippen molar-refractivity contribution in [1.29, 1.82) is 0 Å². The van der Waals surface area contributed by atoms with Gasteiger partial charge in [-0.05, 0) is 30.0 Å². The van der Waals surface area contributed by atoms with Crippen LogP contribution in [0.25, 0.3) is 11.1 Å². The largest absolute Gasteiger partial charge is 0.448 e. The van der Waals surface area contributed by atoms with Gasteiger partial charge < -0.3 is 9.32 Å². The number of aryl methyl sites for hydroxylation is 1. The van der Waals surface area contributed by atoms with Crippen molar-refractivity contribution in [2.24, 2.45) is 5.92 Å². The Balaban J connectivity index is 1.34. The van der Waals surface area contributed by atoms with Crippen LogP contribution in [0.3, 0.4) is 0 Å². The summed E-state index contributed by atoms with van der Waals surface area (Å²) in [4.78, 5) is 18.9. The summed E-state index contributed by atoms with van der Waals surface area (Å²) in [5.74, 6) is 0.843. The number of fused-ring (bicyclic) bond motifs is 1. The molecule has 2 aliphatic heterocycles.